The van der Waals surface area contributed by atoms with E-state index in [1.807, 2.05) is 6.07 Å². The fourth-order valence-corrected chi connectivity index (χ4v) is 2.72. The van der Waals surface area contributed by atoms with Crippen LogP contribution < -0.4 is 10.5 Å². The number of piperidine rings is 1. The van der Waals surface area contributed by atoms with Crippen molar-refractivity contribution in [1.29, 1.82) is 0 Å². The van der Waals surface area contributed by atoms with Crippen LogP contribution in [-0.4, -0.2) is 35.7 Å². The molecule has 0 radical (unpaired) electrons. The van der Waals surface area contributed by atoms with E-state index >= 15 is 0 Å². The number of aromatic hydroxyl groups is 1. The summed E-state index contributed by atoms with van der Waals surface area (Å²) in [6, 6.07) is 6.09. The molecule has 1 fully saturated rings. The van der Waals surface area contributed by atoms with Crippen LogP contribution >= 0.6 is 0 Å². The molecule has 92 valence electrons. The number of nitrogens with two attached hydrogens (primary N) is 1. The number of rotatable bonds is 1. The van der Waals surface area contributed by atoms with E-state index < -0.39 is 0 Å². The summed E-state index contributed by atoms with van der Waals surface area (Å²) in [7, 11) is 0. The number of hydrogen-bond acceptors (Lipinski definition) is 4. The minimum absolute atomic E-state index is 0.269. The summed E-state index contributed by atoms with van der Waals surface area (Å²) in [6.07, 6.45) is 2.12. The van der Waals surface area contributed by atoms with Crippen molar-refractivity contribution in [2.24, 2.45) is 5.73 Å². The lowest BCUT2D eigenvalue weighted by atomic mass is 10.0. The first-order valence-electron chi connectivity index (χ1n) is 6.19. The van der Waals surface area contributed by atoms with Gasteiger partial charge in [-0.05, 0) is 25.0 Å². The molecule has 4 nitrogen and oxygen atoms in total. The molecule has 2 aliphatic heterocycles. The molecule has 1 unspecified atom stereocenters. The Morgan fingerprint density at radius 3 is 2.82 bits per heavy atom. The summed E-state index contributed by atoms with van der Waals surface area (Å²) in [5, 5.41) is 9.42. The first-order valence-corrected chi connectivity index (χ1v) is 6.19. The Labute approximate surface area is 101 Å². The molecule has 1 atom stereocenters. The second-order valence-electron chi connectivity index (χ2n) is 4.92. The monoisotopic (exact) mass is 234 g/mol. The van der Waals surface area contributed by atoms with Crippen LogP contribution in [0.3, 0.4) is 0 Å². The van der Waals surface area contributed by atoms with Gasteiger partial charge in [0.1, 0.15) is 18.1 Å². The Balaban J connectivity index is 1.79. The first kappa shape index (κ1) is 10.9. The Morgan fingerprint density at radius 2 is 2.06 bits per heavy atom. The van der Waals surface area contributed by atoms with Crippen molar-refractivity contribution >= 4 is 0 Å². The second kappa shape index (κ2) is 4.20. The van der Waals surface area contributed by atoms with E-state index in [1.165, 1.54) is 5.56 Å². The number of nitrogens with zero attached hydrogens (tertiary/aromatic N) is 1. The van der Waals surface area contributed by atoms with Crippen molar-refractivity contribution in [3.8, 4) is 11.5 Å². The summed E-state index contributed by atoms with van der Waals surface area (Å²) in [5.74, 6) is 1.09. The maximum Gasteiger partial charge on any atom is 0.127 e. The molecular formula is C13H18N2O2. The zero-order valence-electron chi connectivity index (χ0n) is 9.80. The van der Waals surface area contributed by atoms with E-state index in [1.54, 1.807) is 12.1 Å². The highest BCUT2D eigenvalue weighted by Gasteiger charge is 2.31. The average Bonchev–Trinajstić information content (AvgIpc) is 2.73. The maximum atomic E-state index is 9.42. The van der Waals surface area contributed by atoms with Crippen molar-refractivity contribution in [1.82, 2.24) is 4.90 Å². The van der Waals surface area contributed by atoms with Gasteiger partial charge in [0, 0.05) is 30.8 Å². The van der Waals surface area contributed by atoms with Gasteiger partial charge >= 0.3 is 0 Å². The Bertz CT molecular complexity index is 414. The van der Waals surface area contributed by atoms with Crippen LogP contribution in [0, 0.1) is 0 Å². The highest BCUT2D eigenvalue weighted by atomic mass is 16.5. The van der Waals surface area contributed by atoms with E-state index in [9.17, 15) is 5.11 Å². The molecule has 0 bridgehead atoms. The molecule has 0 aliphatic carbocycles. The van der Waals surface area contributed by atoms with Crippen LogP contribution in [-0.2, 0) is 0 Å². The Kier molecular flexibility index (Phi) is 2.68. The summed E-state index contributed by atoms with van der Waals surface area (Å²) < 4.78 is 5.64. The van der Waals surface area contributed by atoms with Gasteiger partial charge in [-0.1, -0.05) is 0 Å². The topological polar surface area (TPSA) is 58.7 Å². The molecule has 0 saturated carbocycles. The van der Waals surface area contributed by atoms with Crippen LogP contribution in [0.25, 0.3) is 0 Å². The van der Waals surface area contributed by atoms with Gasteiger partial charge in [0.25, 0.3) is 0 Å². The average molecular weight is 234 g/mol. The standard InChI is InChI=1S/C13H18N2O2/c14-9-3-5-15(6-4-9)12-8-17-13-7-10(16)1-2-11(12)13/h1-2,7,9,12,16H,3-6,8,14H2. The minimum Gasteiger partial charge on any atom is -0.508 e. The lowest BCUT2D eigenvalue weighted by molar-refractivity contribution is 0.130. The lowest BCUT2D eigenvalue weighted by Crippen LogP contribution is -2.42. The number of benzene rings is 1. The molecule has 1 saturated heterocycles. The lowest BCUT2D eigenvalue weighted by Gasteiger charge is -2.34. The second-order valence-corrected chi connectivity index (χ2v) is 4.92. The number of ether oxygens (including phenoxy) is 1. The molecule has 0 amide bonds. The highest BCUT2D eigenvalue weighted by molar-refractivity contribution is 5.44. The van der Waals surface area contributed by atoms with Crippen molar-refractivity contribution in [3.05, 3.63) is 23.8 Å². The van der Waals surface area contributed by atoms with Gasteiger partial charge in [0.15, 0.2) is 0 Å². The molecule has 0 aromatic heterocycles. The van der Waals surface area contributed by atoms with Crippen LogP contribution in [0.2, 0.25) is 0 Å². The molecule has 4 heteroatoms. The van der Waals surface area contributed by atoms with E-state index in [0.29, 0.717) is 18.7 Å². The molecular weight excluding hydrogens is 216 g/mol. The molecule has 1 aromatic carbocycles. The number of phenolic OH excluding ortho intramolecular Hbond substituents is 1. The summed E-state index contributed by atoms with van der Waals surface area (Å²) >= 11 is 0. The molecule has 3 rings (SSSR count). The van der Waals surface area contributed by atoms with Crippen molar-refractivity contribution < 1.29 is 9.84 Å². The van der Waals surface area contributed by atoms with Gasteiger partial charge in [-0.25, -0.2) is 0 Å². The van der Waals surface area contributed by atoms with Gasteiger partial charge in [0.2, 0.25) is 0 Å². The van der Waals surface area contributed by atoms with Crippen molar-refractivity contribution in [3.63, 3.8) is 0 Å². The number of phenols is 1. The smallest absolute Gasteiger partial charge is 0.127 e. The predicted molar refractivity (Wildman–Crippen MR) is 65.1 cm³/mol. The molecule has 1 aromatic rings. The highest BCUT2D eigenvalue weighted by Crippen LogP contribution is 2.38. The van der Waals surface area contributed by atoms with Gasteiger partial charge < -0.3 is 15.6 Å². The molecule has 17 heavy (non-hydrogen) atoms. The minimum atomic E-state index is 0.269. The maximum absolute atomic E-state index is 9.42. The van der Waals surface area contributed by atoms with Gasteiger partial charge in [-0.2, -0.15) is 0 Å². The normalized spacial score (nSPS) is 25.6. The Hall–Kier alpha value is -1.26. The van der Waals surface area contributed by atoms with Gasteiger partial charge in [0.05, 0.1) is 6.04 Å². The number of likely N-dealkylation sites (tertiary alicyclic amines) is 1. The third-order valence-corrected chi connectivity index (χ3v) is 3.77. The molecule has 3 N–H and O–H groups in total. The van der Waals surface area contributed by atoms with E-state index in [-0.39, 0.29) is 5.75 Å². The fraction of sp³-hybridized carbons (Fsp3) is 0.538. The first-order chi connectivity index (χ1) is 8.24. The third-order valence-electron chi connectivity index (χ3n) is 3.77. The Morgan fingerprint density at radius 1 is 1.29 bits per heavy atom. The van der Waals surface area contributed by atoms with Crippen molar-refractivity contribution in [2.45, 2.75) is 24.9 Å². The molecule has 2 heterocycles. The summed E-state index contributed by atoms with van der Waals surface area (Å²) in [5.41, 5.74) is 7.11. The predicted octanol–water partition coefficient (Wildman–Crippen LogP) is 1.25. The number of fused-ring (bicyclic) bond motifs is 1. The number of hydrogen-bond donors (Lipinski definition) is 2. The van der Waals surface area contributed by atoms with E-state index in [4.69, 9.17) is 10.5 Å². The zero-order valence-corrected chi connectivity index (χ0v) is 9.80. The van der Waals surface area contributed by atoms with Gasteiger partial charge in [-0.3, -0.25) is 4.90 Å². The zero-order chi connectivity index (χ0) is 11.8. The molecule has 2 aliphatic rings. The van der Waals surface area contributed by atoms with Crippen molar-refractivity contribution in [2.75, 3.05) is 19.7 Å². The third kappa shape index (κ3) is 1.98. The van der Waals surface area contributed by atoms with E-state index in [0.717, 1.165) is 31.7 Å². The van der Waals surface area contributed by atoms with Crippen LogP contribution in [0.5, 0.6) is 11.5 Å². The molecule has 0 spiro atoms. The van der Waals surface area contributed by atoms with Crippen LogP contribution in [0.4, 0.5) is 0 Å². The fourth-order valence-electron chi connectivity index (χ4n) is 2.72. The summed E-state index contributed by atoms with van der Waals surface area (Å²) in [4.78, 5) is 2.44. The van der Waals surface area contributed by atoms with Gasteiger partial charge in [-0.15, -0.1) is 0 Å². The van der Waals surface area contributed by atoms with Crippen LogP contribution in [0.1, 0.15) is 24.4 Å². The summed E-state index contributed by atoms with van der Waals surface area (Å²) in [6.45, 7) is 2.76. The quantitative estimate of drug-likeness (QED) is 0.767. The van der Waals surface area contributed by atoms with Crippen LogP contribution in [0.15, 0.2) is 18.2 Å². The SMILES string of the molecule is NC1CCN(C2COc3cc(O)ccc32)CC1. The largest absolute Gasteiger partial charge is 0.508 e. The van der Waals surface area contributed by atoms with E-state index in [2.05, 4.69) is 4.90 Å².